The first-order chi connectivity index (χ1) is 9.54. The zero-order valence-electron chi connectivity index (χ0n) is 12.1. The van der Waals surface area contributed by atoms with Gasteiger partial charge in [-0.3, -0.25) is 0 Å². The van der Waals surface area contributed by atoms with Crippen molar-refractivity contribution in [3.05, 3.63) is 0 Å². The lowest BCUT2D eigenvalue weighted by atomic mass is 9.93. The van der Waals surface area contributed by atoms with E-state index in [1.54, 1.807) is 11.8 Å². The molecule has 0 aromatic rings. The first kappa shape index (κ1) is 17.1. The lowest BCUT2D eigenvalue weighted by Crippen LogP contribution is -2.50. The standard InChI is InChI=1S/C13H24N2O4S/c1-9(10-3-6-19-7-4-10)14-13(18)15-11(12(16)17)5-8-20-2/h9-11H,3-8H2,1-2H3,(H,16,17)(H2,14,15,18). The molecule has 0 saturated carbocycles. The fraction of sp³-hybridized carbons (Fsp3) is 0.846. The minimum atomic E-state index is -0.993. The topological polar surface area (TPSA) is 87.7 Å². The normalized spacial score (nSPS) is 19.1. The molecular formula is C13H24N2O4S. The Morgan fingerprint density at radius 2 is 2.00 bits per heavy atom. The van der Waals surface area contributed by atoms with Crippen LogP contribution in [0.4, 0.5) is 4.79 Å². The van der Waals surface area contributed by atoms with Gasteiger partial charge in [0.25, 0.3) is 0 Å². The molecule has 2 unspecified atom stereocenters. The maximum Gasteiger partial charge on any atom is 0.326 e. The predicted molar refractivity (Wildman–Crippen MR) is 79.1 cm³/mol. The molecule has 20 heavy (non-hydrogen) atoms. The summed E-state index contributed by atoms with van der Waals surface area (Å²) in [7, 11) is 0. The summed E-state index contributed by atoms with van der Waals surface area (Å²) < 4.78 is 5.29. The Morgan fingerprint density at radius 3 is 2.55 bits per heavy atom. The molecule has 0 aromatic carbocycles. The number of hydrogen-bond acceptors (Lipinski definition) is 4. The number of hydrogen-bond donors (Lipinski definition) is 3. The molecule has 7 heteroatoms. The summed E-state index contributed by atoms with van der Waals surface area (Å²) in [6.45, 7) is 3.40. The molecule has 0 spiro atoms. The van der Waals surface area contributed by atoms with Gasteiger partial charge in [-0.2, -0.15) is 11.8 Å². The number of carboxylic acid groups (broad SMARTS) is 1. The SMILES string of the molecule is CSCCC(NC(=O)NC(C)C1CCOCC1)C(=O)O. The van der Waals surface area contributed by atoms with Crippen LogP contribution in [0.1, 0.15) is 26.2 Å². The van der Waals surface area contributed by atoms with Crippen molar-refractivity contribution in [3.63, 3.8) is 0 Å². The van der Waals surface area contributed by atoms with Gasteiger partial charge in [0.05, 0.1) is 0 Å². The number of rotatable bonds is 7. The molecule has 3 N–H and O–H groups in total. The van der Waals surface area contributed by atoms with E-state index in [1.807, 2.05) is 13.2 Å². The van der Waals surface area contributed by atoms with Crippen molar-refractivity contribution in [2.24, 2.45) is 5.92 Å². The monoisotopic (exact) mass is 304 g/mol. The number of carbonyl (C=O) groups excluding carboxylic acids is 1. The molecule has 0 bridgehead atoms. The zero-order valence-corrected chi connectivity index (χ0v) is 12.9. The van der Waals surface area contributed by atoms with E-state index in [-0.39, 0.29) is 6.04 Å². The summed E-state index contributed by atoms with van der Waals surface area (Å²) in [5.74, 6) is 0.101. The van der Waals surface area contributed by atoms with Crippen LogP contribution >= 0.6 is 11.8 Å². The van der Waals surface area contributed by atoms with Crippen molar-refractivity contribution in [1.29, 1.82) is 0 Å². The van der Waals surface area contributed by atoms with Crippen LogP contribution in [-0.2, 0) is 9.53 Å². The second-order valence-electron chi connectivity index (χ2n) is 5.03. The minimum Gasteiger partial charge on any atom is -0.480 e. The molecule has 0 aliphatic carbocycles. The quantitative estimate of drug-likeness (QED) is 0.660. The van der Waals surface area contributed by atoms with Crippen LogP contribution in [0.2, 0.25) is 0 Å². The average Bonchev–Trinajstić information content (AvgIpc) is 2.44. The number of urea groups is 1. The first-order valence-electron chi connectivity index (χ1n) is 6.91. The van der Waals surface area contributed by atoms with Gasteiger partial charge >= 0.3 is 12.0 Å². The molecule has 116 valence electrons. The van der Waals surface area contributed by atoms with Crippen LogP contribution in [0.25, 0.3) is 0 Å². The Kier molecular flexibility index (Phi) is 7.76. The molecule has 1 heterocycles. The van der Waals surface area contributed by atoms with Crippen LogP contribution < -0.4 is 10.6 Å². The zero-order chi connectivity index (χ0) is 15.0. The lowest BCUT2D eigenvalue weighted by Gasteiger charge is -2.28. The van der Waals surface area contributed by atoms with Gasteiger partial charge in [-0.1, -0.05) is 0 Å². The van der Waals surface area contributed by atoms with E-state index in [9.17, 15) is 9.59 Å². The molecule has 2 amide bonds. The highest BCUT2D eigenvalue weighted by Crippen LogP contribution is 2.18. The smallest absolute Gasteiger partial charge is 0.326 e. The average molecular weight is 304 g/mol. The van der Waals surface area contributed by atoms with E-state index in [2.05, 4.69) is 10.6 Å². The number of ether oxygens (including phenoxy) is 1. The molecule has 1 aliphatic rings. The third-order valence-electron chi connectivity index (χ3n) is 3.55. The highest BCUT2D eigenvalue weighted by molar-refractivity contribution is 7.98. The molecule has 0 aromatic heterocycles. The van der Waals surface area contributed by atoms with Crippen molar-refractivity contribution in [2.45, 2.75) is 38.3 Å². The van der Waals surface area contributed by atoms with Gasteiger partial charge in [-0.15, -0.1) is 0 Å². The fourth-order valence-electron chi connectivity index (χ4n) is 2.23. The number of nitrogens with one attached hydrogen (secondary N) is 2. The van der Waals surface area contributed by atoms with Gasteiger partial charge in [0.15, 0.2) is 0 Å². The molecule has 1 rings (SSSR count). The minimum absolute atomic E-state index is 0.0221. The molecule has 1 aliphatic heterocycles. The van der Waals surface area contributed by atoms with Crippen molar-refractivity contribution < 1.29 is 19.4 Å². The van der Waals surface area contributed by atoms with Crippen LogP contribution in [0.15, 0.2) is 0 Å². The Labute approximate surface area is 124 Å². The number of carbonyl (C=O) groups is 2. The molecule has 1 fully saturated rings. The summed E-state index contributed by atoms with van der Waals surface area (Å²) in [5, 5.41) is 14.4. The fourth-order valence-corrected chi connectivity index (χ4v) is 2.70. The van der Waals surface area contributed by atoms with Crippen molar-refractivity contribution in [3.8, 4) is 0 Å². The second-order valence-corrected chi connectivity index (χ2v) is 6.01. The van der Waals surface area contributed by atoms with Gasteiger partial charge < -0.3 is 20.5 Å². The molecule has 6 nitrogen and oxygen atoms in total. The Hall–Kier alpha value is -0.950. The summed E-state index contributed by atoms with van der Waals surface area (Å²) >= 11 is 1.56. The Morgan fingerprint density at radius 1 is 1.35 bits per heavy atom. The second kappa shape index (κ2) is 9.07. The summed E-state index contributed by atoms with van der Waals surface area (Å²) in [6.07, 6.45) is 4.19. The van der Waals surface area contributed by atoms with E-state index in [4.69, 9.17) is 9.84 Å². The van der Waals surface area contributed by atoms with E-state index < -0.39 is 18.0 Å². The molecule has 1 saturated heterocycles. The summed E-state index contributed by atoms with van der Waals surface area (Å²) in [5.41, 5.74) is 0. The highest BCUT2D eigenvalue weighted by atomic mass is 32.2. The van der Waals surface area contributed by atoms with E-state index >= 15 is 0 Å². The van der Waals surface area contributed by atoms with Gasteiger partial charge in [0, 0.05) is 19.3 Å². The predicted octanol–water partition coefficient (Wildman–Crippen LogP) is 1.31. The van der Waals surface area contributed by atoms with E-state index in [0.29, 0.717) is 18.1 Å². The molecule has 0 radical (unpaired) electrons. The third kappa shape index (κ3) is 6.00. The van der Waals surface area contributed by atoms with Crippen molar-refractivity contribution in [1.82, 2.24) is 10.6 Å². The van der Waals surface area contributed by atoms with E-state index in [1.165, 1.54) is 0 Å². The maximum absolute atomic E-state index is 11.9. The Bertz CT molecular complexity index is 321. The van der Waals surface area contributed by atoms with Crippen LogP contribution in [0.5, 0.6) is 0 Å². The Balaban J connectivity index is 2.37. The van der Waals surface area contributed by atoms with Crippen LogP contribution in [-0.4, -0.2) is 54.4 Å². The van der Waals surface area contributed by atoms with Gasteiger partial charge in [0.2, 0.25) is 0 Å². The number of thioether (sulfide) groups is 1. The summed E-state index contributed by atoms with van der Waals surface area (Å²) in [4.78, 5) is 22.9. The van der Waals surface area contributed by atoms with Gasteiger partial charge in [-0.25, -0.2) is 9.59 Å². The third-order valence-corrected chi connectivity index (χ3v) is 4.19. The maximum atomic E-state index is 11.9. The van der Waals surface area contributed by atoms with Crippen LogP contribution in [0, 0.1) is 5.92 Å². The number of aliphatic carboxylic acids is 1. The lowest BCUT2D eigenvalue weighted by molar-refractivity contribution is -0.139. The van der Waals surface area contributed by atoms with Crippen molar-refractivity contribution in [2.75, 3.05) is 25.2 Å². The first-order valence-corrected chi connectivity index (χ1v) is 8.30. The molecule has 2 atom stereocenters. The highest BCUT2D eigenvalue weighted by Gasteiger charge is 2.24. The summed E-state index contributed by atoms with van der Waals surface area (Å²) in [6, 6.07) is -1.21. The number of carboxylic acids is 1. The van der Waals surface area contributed by atoms with Crippen LogP contribution in [0.3, 0.4) is 0 Å². The van der Waals surface area contributed by atoms with E-state index in [0.717, 1.165) is 26.1 Å². The van der Waals surface area contributed by atoms with Gasteiger partial charge in [0.1, 0.15) is 6.04 Å². The largest absolute Gasteiger partial charge is 0.480 e. The number of amides is 2. The van der Waals surface area contributed by atoms with Crippen molar-refractivity contribution >= 4 is 23.8 Å². The molecular weight excluding hydrogens is 280 g/mol. The van der Waals surface area contributed by atoms with Gasteiger partial charge in [-0.05, 0) is 44.1 Å².